The first-order valence-electron chi connectivity index (χ1n) is 11.6. The van der Waals surface area contributed by atoms with Gasteiger partial charge in [0.15, 0.2) is 5.82 Å². The maximum absolute atomic E-state index is 5.02. The van der Waals surface area contributed by atoms with Crippen LogP contribution in [0.25, 0.3) is 16.2 Å². The largest absolute Gasteiger partial charge is 0.364 e. The van der Waals surface area contributed by atoms with Gasteiger partial charge in [-0.15, -0.1) is 5.10 Å². The number of likely N-dealkylation sites (N-methyl/N-ethyl adjacent to an activating group) is 1. The quantitative estimate of drug-likeness (QED) is 0.583. The summed E-state index contributed by atoms with van der Waals surface area (Å²) < 4.78 is 2.01. The maximum atomic E-state index is 5.02. The fourth-order valence-electron chi connectivity index (χ4n) is 3.94. The normalized spacial score (nSPS) is 15.8. The number of imidazole rings is 1. The smallest absolute Gasteiger partial charge is 0.216 e. The summed E-state index contributed by atoms with van der Waals surface area (Å²) in [5.74, 6) is 0.976. The highest BCUT2D eigenvalue weighted by Gasteiger charge is 2.25. The Balaban J connectivity index is 1.58. The minimum Gasteiger partial charge on any atom is -0.364 e. The van der Waals surface area contributed by atoms with Gasteiger partial charge in [-0.2, -0.15) is 4.52 Å². The first-order valence-corrected chi connectivity index (χ1v) is 12.4. The summed E-state index contributed by atoms with van der Waals surface area (Å²) in [6.07, 6.45) is 1.04. The van der Waals surface area contributed by atoms with Gasteiger partial charge >= 0.3 is 0 Å². The number of hydrogen-bond acceptors (Lipinski definition) is 7. The standard InChI is InChI=1S/C24H37N7S/c1-7-18-8-10-19(11-9-18)20-21(26-24(2,3)4)31-22(25-20)32-23(27-31)30-16-14-29(15-17-30)13-12-28(5)6/h8-11,26H,7,12-17H2,1-6H3. The molecule has 3 aromatic rings. The number of anilines is 2. The van der Waals surface area contributed by atoms with Gasteiger partial charge in [-0.05, 0) is 46.9 Å². The molecule has 2 aromatic heterocycles. The number of rotatable bonds is 7. The van der Waals surface area contributed by atoms with Crippen molar-refractivity contribution in [2.45, 2.75) is 39.7 Å². The van der Waals surface area contributed by atoms with Crippen molar-refractivity contribution in [3.63, 3.8) is 0 Å². The molecule has 0 atom stereocenters. The van der Waals surface area contributed by atoms with E-state index in [1.807, 2.05) is 4.52 Å². The van der Waals surface area contributed by atoms with Crippen LogP contribution in [-0.2, 0) is 6.42 Å². The van der Waals surface area contributed by atoms with Crippen LogP contribution in [0.1, 0.15) is 33.3 Å². The molecular weight excluding hydrogens is 418 g/mol. The van der Waals surface area contributed by atoms with Crippen LogP contribution < -0.4 is 10.2 Å². The molecule has 1 aliphatic heterocycles. The van der Waals surface area contributed by atoms with Crippen LogP contribution in [0, 0.1) is 0 Å². The van der Waals surface area contributed by atoms with E-state index in [9.17, 15) is 0 Å². The second-order valence-electron chi connectivity index (χ2n) is 9.95. The van der Waals surface area contributed by atoms with E-state index >= 15 is 0 Å². The number of hydrogen-bond donors (Lipinski definition) is 1. The average molecular weight is 456 g/mol. The van der Waals surface area contributed by atoms with Gasteiger partial charge in [0.1, 0.15) is 5.69 Å². The third kappa shape index (κ3) is 5.24. The van der Waals surface area contributed by atoms with E-state index in [2.05, 4.69) is 86.1 Å². The van der Waals surface area contributed by atoms with Crippen LogP contribution in [0.15, 0.2) is 24.3 Å². The second-order valence-corrected chi connectivity index (χ2v) is 10.9. The summed E-state index contributed by atoms with van der Waals surface area (Å²) in [5, 5.41) is 9.73. The van der Waals surface area contributed by atoms with Crippen molar-refractivity contribution in [3.8, 4) is 11.3 Å². The van der Waals surface area contributed by atoms with Crippen LogP contribution in [0.5, 0.6) is 0 Å². The van der Waals surface area contributed by atoms with E-state index < -0.39 is 0 Å². The monoisotopic (exact) mass is 455 g/mol. The van der Waals surface area contributed by atoms with E-state index in [-0.39, 0.29) is 5.54 Å². The first kappa shape index (κ1) is 23.0. The molecule has 0 radical (unpaired) electrons. The molecule has 1 aliphatic rings. The lowest BCUT2D eigenvalue weighted by Gasteiger charge is -2.34. The predicted octanol–water partition coefficient (Wildman–Crippen LogP) is 3.91. The topological polar surface area (TPSA) is 51.9 Å². The van der Waals surface area contributed by atoms with Crippen molar-refractivity contribution in [2.75, 3.05) is 63.6 Å². The molecule has 7 nitrogen and oxygen atoms in total. The molecule has 1 fully saturated rings. The lowest BCUT2D eigenvalue weighted by molar-refractivity contribution is 0.229. The van der Waals surface area contributed by atoms with E-state index in [1.165, 1.54) is 5.56 Å². The number of piperazine rings is 1. The first-order chi connectivity index (χ1) is 15.2. The molecule has 4 rings (SSSR count). The zero-order valence-electron chi connectivity index (χ0n) is 20.4. The maximum Gasteiger partial charge on any atom is 0.216 e. The van der Waals surface area contributed by atoms with Crippen molar-refractivity contribution in [3.05, 3.63) is 29.8 Å². The Labute approximate surface area is 196 Å². The highest BCUT2D eigenvalue weighted by atomic mass is 32.1. The zero-order chi connectivity index (χ0) is 22.9. The lowest BCUT2D eigenvalue weighted by Crippen LogP contribution is -2.48. The van der Waals surface area contributed by atoms with Crippen LogP contribution in [0.3, 0.4) is 0 Å². The van der Waals surface area contributed by atoms with Crippen molar-refractivity contribution in [1.82, 2.24) is 24.4 Å². The predicted molar refractivity (Wildman–Crippen MR) is 136 cm³/mol. The van der Waals surface area contributed by atoms with Gasteiger partial charge in [-0.25, -0.2) is 4.98 Å². The Bertz CT molecular complexity index is 1020. The molecule has 8 heteroatoms. The molecule has 174 valence electrons. The summed E-state index contributed by atoms with van der Waals surface area (Å²) in [7, 11) is 4.27. The molecule has 0 unspecified atom stereocenters. The second kappa shape index (κ2) is 9.37. The summed E-state index contributed by atoms with van der Waals surface area (Å²) in [6.45, 7) is 15.1. The Morgan fingerprint density at radius 3 is 2.34 bits per heavy atom. The number of aryl methyl sites for hydroxylation is 1. The zero-order valence-corrected chi connectivity index (χ0v) is 21.2. The van der Waals surface area contributed by atoms with Gasteiger partial charge in [-0.3, -0.25) is 4.90 Å². The molecule has 0 bridgehead atoms. The van der Waals surface area contributed by atoms with Crippen LogP contribution >= 0.6 is 11.3 Å². The van der Waals surface area contributed by atoms with Gasteiger partial charge in [0.25, 0.3) is 0 Å². The number of aromatic nitrogens is 3. The summed E-state index contributed by atoms with van der Waals surface area (Å²) in [5.41, 5.74) is 3.35. The van der Waals surface area contributed by atoms with Crippen molar-refractivity contribution < 1.29 is 0 Å². The van der Waals surface area contributed by atoms with E-state index in [4.69, 9.17) is 10.1 Å². The third-order valence-electron chi connectivity index (χ3n) is 5.83. The molecule has 0 amide bonds. The van der Waals surface area contributed by atoms with Gasteiger partial charge in [-0.1, -0.05) is 42.5 Å². The Hall–Kier alpha value is -2.16. The summed E-state index contributed by atoms with van der Waals surface area (Å²) >= 11 is 1.69. The highest BCUT2D eigenvalue weighted by molar-refractivity contribution is 7.20. The van der Waals surface area contributed by atoms with Gasteiger partial charge in [0, 0.05) is 50.4 Å². The van der Waals surface area contributed by atoms with Crippen LogP contribution in [0.2, 0.25) is 0 Å². The van der Waals surface area contributed by atoms with Crippen molar-refractivity contribution in [1.29, 1.82) is 0 Å². The van der Waals surface area contributed by atoms with Crippen molar-refractivity contribution >= 4 is 27.2 Å². The fourth-order valence-corrected chi connectivity index (χ4v) is 4.89. The van der Waals surface area contributed by atoms with E-state index in [0.717, 1.165) is 72.9 Å². The number of benzene rings is 1. The van der Waals surface area contributed by atoms with Gasteiger partial charge < -0.3 is 15.1 Å². The third-order valence-corrected chi connectivity index (χ3v) is 6.80. The molecule has 1 aromatic carbocycles. The molecule has 1 saturated heterocycles. The number of fused-ring (bicyclic) bond motifs is 1. The summed E-state index contributed by atoms with van der Waals surface area (Å²) in [4.78, 5) is 13.2. The minimum absolute atomic E-state index is 0.0874. The molecule has 3 heterocycles. The van der Waals surface area contributed by atoms with Gasteiger partial charge in [0.05, 0.1) is 0 Å². The SMILES string of the molecule is CCc1ccc(-c2nc3sc(N4CCN(CCN(C)C)CC4)nn3c2NC(C)(C)C)cc1. The number of nitrogens with zero attached hydrogens (tertiary/aromatic N) is 6. The molecule has 0 aliphatic carbocycles. The molecule has 32 heavy (non-hydrogen) atoms. The Morgan fingerprint density at radius 2 is 1.75 bits per heavy atom. The number of nitrogens with one attached hydrogen (secondary N) is 1. The van der Waals surface area contributed by atoms with E-state index in [0.29, 0.717) is 0 Å². The molecule has 1 N–H and O–H groups in total. The highest BCUT2D eigenvalue weighted by Crippen LogP contribution is 2.35. The lowest BCUT2D eigenvalue weighted by atomic mass is 10.1. The molecular formula is C24H37N7S. The van der Waals surface area contributed by atoms with Crippen LogP contribution in [0.4, 0.5) is 10.9 Å². The Kier molecular flexibility index (Phi) is 6.74. The fraction of sp³-hybridized carbons (Fsp3) is 0.583. The minimum atomic E-state index is -0.0874. The molecule has 0 saturated carbocycles. The van der Waals surface area contributed by atoms with Gasteiger partial charge in [0.2, 0.25) is 10.1 Å². The van der Waals surface area contributed by atoms with Crippen molar-refractivity contribution in [2.24, 2.45) is 0 Å². The molecule has 0 spiro atoms. The van der Waals surface area contributed by atoms with E-state index in [1.54, 1.807) is 11.3 Å². The Morgan fingerprint density at radius 1 is 1.06 bits per heavy atom. The average Bonchev–Trinajstić information content (AvgIpc) is 3.31. The summed E-state index contributed by atoms with van der Waals surface area (Å²) in [6, 6.07) is 8.73. The van der Waals surface area contributed by atoms with Crippen LogP contribution in [-0.4, -0.2) is 83.3 Å².